The van der Waals surface area contributed by atoms with Crippen LogP contribution in [0.25, 0.3) is 50.4 Å². The molecule has 0 saturated carbocycles. The van der Waals surface area contributed by atoms with Gasteiger partial charge in [-0.2, -0.15) is 5.10 Å². The van der Waals surface area contributed by atoms with Crippen molar-refractivity contribution < 1.29 is 9.13 Å². The van der Waals surface area contributed by atoms with Gasteiger partial charge in [-0.15, -0.1) is 0 Å². The minimum Gasteiger partial charge on any atom is -0.374 e. The smallest absolute Gasteiger partial charge is 0.328 e. The number of methoxy groups -OCH3 is 1. The van der Waals surface area contributed by atoms with Gasteiger partial charge in [0, 0.05) is 64.3 Å². The highest BCUT2D eigenvalue weighted by Gasteiger charge is 2.28. The first kappa shape index (κ1) is 24.8. The Morgan fingerprint density at radius 1 is 0.974 bits per heavy atom. The van der Waals surface area contributed by atoms with Crippen LogP contribution in [0.5, 0.6) is 0 Å². The van der Waals surface area contributed by atoms with Crippen LogP contribution >= 0.6 is 0 Å². The van der Waals surface area contributed by atoms with Crippen LogP contribution in [0, 0.1) is 5.82 Å². The molecule has 39 heavy (non-hydrogen) atoms. The van der Waals surface area contributed by atoms with E-state index in [-0.39, 0.29) is 11.5 Å². The number of imidazole rings is 3. The molecule has 0 amide bonds. The molecule has 4 heterocycles. The zero-order valence-electron chi connectivity index (χ0n) is 22.9. The van der Waals surface area contributed by atoms with Crippen LogP contribution in [-0.2, 0) is 38.5 Å². The van der Waals surface area contributed by atoms with Gasteiger partial charge in [-0.3, -0.25) is 18.4 Å². The summed E-state index contributed by atoms with van der Waals surface area (Å²) in [6.07, 6.45) is 6.83. The molecule has 11 heteroatoms. The fourth-order valence-corrected chi connectivity index (χ4v) is 5.22. The van der Waals surface area contributed by atoms with Gasteiger partial charge in [0.15, 0.2) is 5.82 Å². The number of benzene rings is 2. The van der Waals surface area contributed by atoms with Gasteiger partial charge >= 0.3 is 5.69 Å². The number of nitrogens with zero attached hydrogens (tertiary/aromatic N) is 8. The minimum atomic E-state index is -0.721. The van der Waals surface area contributed by atoms with E-state index in [0.29, 0.717) is 28.0 Å². The first-order chi connectivity index (χ1) is 18.5. The second-order valence-electron chi connectivity index (χ2n) is 10.4. The van der Waals surface area contributed by atoms with E-state index in [1.165, 1.54) is 6.07 Å². The maximum atomic E-state index is 15.7. The standard InChI is InChI=1S/C28H29FN8O2/c1-28(2,39-7)19-8-17(9-23-25(19)36(6)27(38)35(23)5)37-22-11-20(29)18(16-12-31-34(4)14-16)10-21(22)32-26(37)24-13-30-15-33(24)3/h8-15H,1-7H3. The average molecular weight is 529 g/mol. The summed E-state index contributed by atoms with van der Waals surface area (Å²) in [4.78, 5) is 22.2. The van der Waals surface area contributed by atoms with Crippen LogP contribution in [0.15, 0.2) is 54.0 Å². The van der Waals surface area contributed by atoms with Gasteiger partial charge in [0.25, 0.3) is 0 Å². The molecule has 0 fully saturated rings. The molecule has 0 aliphatic rings. The molecule has 0 unspecified atom stereocenters. The molecule has 0 aliphatic heterocycles. The summed E-state index contributed by atoms with van der Waals surface area (Å²) in [6.45, 7) is 3.91. The largest absolute Gasteiger partial charge is 0.374 e. The van der Waals surface area contributed by atoms with Crippen LogP contribution in [-0.4, -0.2) is 45.1 Å². The zero-order valence-corrected chi connectivity index (χ0v) is 22.9. The van der Waals surface area contributed by atoms with E-state index in [1.54, 1.807) is 73.1 Å². The Kier molecular flexibility index (Phi) is 5.41. The van der Waals surface area contributed by atoms with Crippen LogP contribution in [0.1, 0.15) is 19.4 Å². The summed E-state index contributed by atoms with van der Waals surface area (Å²) in [5.41, 5.74) is 5.20. The third-order valence-corrected chi connectivity index (χ3v) is 7.57. The Hall–Kier alpha value is -4.51. The lowest BCUT2D eigenvalue weighted by atomic mass is 9.95. The van der Waals surface area contributed by atoms with Crippen molar-refractivity contribution in [3.8, 4) is 28.3 Å². The molecule has 0 saturated heterocycles. The Bertz CT molecular complexity index is 1970. The number of rotatable bonds is 5. The molecular formula is C28H29FN8O2. The molecule has 6 rings (SSSR count). The summed E-state index contributed by atoms with van der Waals surface area (Å²) in [7, 11) is 8.82. The number of fused-ring (bicyclic) bond motifs is 2. The average Bonchev–Trinajstić information content (AvgIpc) is 3.67. The zero-order chi connectivity index (χ0) is 27.8. The molecule has 0 N–H and O–H groups in total. The lowest BCUT2D eigenvalue weighted by Gasteiger charge is -2.26. The van der Waals surface area contributed by atoms with Gasteiger partial charge in [0.05, 0.1) is 52.1 Å². The van der Waals surface area contributed by atoms with E-state index in [9.17, 15) is 4.79 Å². The first-order valence-corrected chi connectivity index (χ1v) is 12.4. The highest BCUT2D eigenvalue weighted by molar-refractivity contribution is 5.89. The molecule has 0 atom stereocenters. The fraction of sp³-hybridized carbons (Fsp3) is 0.286. The highest BCUT2D eigenvalue weighted by Crippen LogP contribution is 2.37. The Morgan fingerprint density at radius 2 is 1.74 bits per heavy atom. The van der Waals surface area contributed by atoms with Crippen molar-refractivity contribution in [3.63, 3.8) is 0 Å². The predicted octanol–water partition coefficient (Wildman–Crippen LogP) is 4.04. The number of aromatic nitrogens is 8. The summed E-state index contributed by atoms with van der Waals surface area (Å²) in [5.74, 6) is 0.202. The molecule has 10 nitrogen and oxygen atoms in total. The van der Waals surface area contributed by atoms with Crippen LogP contribution in [0.4, 0.5) is 4.39 Å². The molecule has 2 aromatic carbocycles. The minimum absolute atomic E-state index is 0.148. The predicted molar refractivity (Wildman–Crippen MR) is 147 cm³/mol. The van der Waals surface area contributed by atoms with E-state index < -0.39 is 5.60 Å². The van der Waals surface area contributed by atoms with Crippen LogP contribution in [0.3, 0.4) is 0 Å². The van der Waals surface area contributed by atoms with E-state index >= 15 is 4.39 Å². The van der Waals surface area contributed by atoms with Gasteiger partial charge in [-0.05, 0) is 32.0 Å². The SMILES string of the molecule is COC(C)(C)c1cc(-n2c(-c3cncn3C)nc3cc(-c4cnn(C)c4)c(F)cc32)cc2c1n(C)c(=O)n2C. The van der Waals surface area contributed by atoms with Crippen molar-refractivity contribution in [2.45, 2.75) is 19.4 Å². The lowest BCUT2D eigenvalue weighted by molar-refractivity contribution is 0.0202. The topological polar surface area (TPSA) is 89.6 Å². The maximum Gasteiger partial charge on any atom is 0.328 e. The Labute approximate surface area is 223 Å². The second-order valence-corrected chi connectivity index (χ2v) is 10.4. The van der Waals surface area contributed by atoms with Gasteiger partial charge in [0.2, 0.25) is 0 Å². The molecule has 4 aromatic heterocycles. The quantitative estimate of drug-likeness (QED) is 0.337. The van der Waals surface area contributed by atoms with Gasteiger partial charge < -0.3 is 9.30 Å². The van der Waals surface area contributed by atoms with Crippen molar-refractivity contribution in [1.82, 2.24) is 38.0 Å². The van der Waals surface area contributed by atoms with Gasteiger partial charge in [0.1, 0.15) is 11.5 Å². The van der Waals surface area contributed by atoms with Gasteiger partial charge in [-0.25, -0.2) is 19.2 Å². The van der Waals surface area contributed by atoms with E-state index in [1.807, 2.05) is 42.2 Å². The lowest BCUT2D eigenvalue weighted by Crippen LogP contribution is -2.23. The first-order valence-electron chi connectivity index (χ1n) is 12.4. The summed E-state index contributed by atoms with van der Waals surface area (Å²) < 4.78 is 30.2. The van der Waals surface area contributed by atoms with E-state index in [0.717, 1.165) is 28.0 Å². The maximum absolute atomic E-state index is 15.7. The Balaban J connectivity index is 1.73. The van der Waals surface area contributed by atoms with Gasteiger partial charge in [-0.1, -0.05) is 0 Å². The molecule has 0 spiro atoms. The summed E-state index contributed by atoms with van der Waals surface area (Å²) in [6, 6.07) is 7.16. The van der Waals surface area contributed by atoms with Crippen molar-refractivity contribution >= 4 is 22.1 Å². The van der Waals surface area contributed by atoms with Crippen molar-refractivity contribution in [2.24, 2.45) is 28.2 Å². The van der Waals surface area contributed by atoms with Crippen molar-refractivity contribution in [1.29, 1.82) is 0 Å². The third-order valence-electron chi connectivity index (χ3n) is 7.57. The van der Waals surface area contributed by atoms with Crippen LogP contribution < -0.4 is 5.69 Å². The fourth-order valence-electron chi connectivity index (χ4n) is 5.22. The Morgan fingerprint density at radius 3 is 2.38 bits per heavy atom. The number of halogens is 1. The normalized spacial score (nSPS) is 12.3. The van der Waals surface area contributed by atoms with Crippen LogP contribution in [0.2, 0.25) is 0 Å². The number of hydrogen-bond acceptors (Lipinski definition) is 5. The van der Waals surface area contributed by atoms with Crippen molar-refractivity contribution in [3.05, 3.63) is 71.0 Å². The second kappa shape index (κ2) is 8.50. The highest BCUT2D eigenvalue weighted by atomic mass is 19.1. The molecule has 0 radical (unpaired) electrons. The molecule has 6 aromatic rings. The molecular weight excluding hydrogens is 499 g/mol. The van der Waals surface area contributed by atoms with E-state index in [4.69, 9.17) is 9.72 Å². The molecule has 200 valence electrons. The van der Waals surface area contributed by atoms with Crippen molar-refractivity contribution in [2.75, 3.05) is 7.11 Å². The third kappa shape index (κ3) is 3.64. The van der Waals surface area contributed by atoms with E-state index in [2.05, 4.69) is 10.1 Å². The molecule has 0 aliphatic carbocycles. The molecule has 0 bridgehead atoms. The number of hydrogen-bond donors (Lipinski definition) is 0. The number of ether oxygens (including phenoxy) is 1. The monoisotopic (exact) mass is 528 g/mol. The summed E-state index contributed by atoms with van der Waals surface area (Å²) in [5, 5.41) is 4.19. The summed E-state index contributed by atoms with van der Waals surface area (Å²) >= 11 is 0. The number of aryl methyl sites for hydroxylation is 4.